The van der Waals surface area contributed by atoms with E-state index in [1.165, 1.54) is 6.07 Å². The Morgan fingerprint density at radius 3 is 2.68 bits per heavy atom. The number of aryl methyl sites for hydroxylation is 1. The summed E-state index contributed by atoms with van der Waals surface area (Å²) in [6.07, 6.45) is -2.53. The molecule has 0 spiro atoms. The van der Waals surface area contributed by atoms with Gasteiger partial charge in [0.05, 0.1) is 17.9 Å². The number of aromatic nitrogens is 2. The van der Waals surface area contributed by atoms with E-state index >= 15 is 0 Å². The molecule has 3 rings (SSSR count). The van der Waals surface area contributed by atoms with Crippen molar-refractivity contribution >= 4 is 5.82 Å². The number of alkyl halides is 3. The third-order valence-corrected chi connectivity index (χ3v) is 4.84. The molecule has 0 radical (unpaired) electrons. The van der Waals surface area contributed by atoms with Crippen molar-refractivity contribution in [3.05, 3.63) is 35.4 Å². The van der Waals surface area contributed by atoms with Crippen molar-refractivity contribution in [1.82, 2.24) is 15.1 Å². The molecular weight excluding hydrogens is 373 g/mol. The number of benzene rings is 1. The van der Waals surface area contributed by atoms with Crippen LogP contribution in [0.3, 0.4) is 0 Å². The highest BCUT2D eigenvalue weighted by atomic mass is 19.4. The van der Waals surface area contributed by atoms with E-state index in [0.29, 0.717) is 29.7 Å². The second-order valence-electron chi connectivity index (χ2n) is 7.00. The fourth-order valence-corrected chi connectivity index (χ4v) is 3.46. The highest BCUT2D eigenvalue weighted by molar-refractivity contribution is 5.70. The molecule has 6 nitrogen and oxygen atoms in total. The normalized spacial score (nSPS) is 18.2. The summed E-state index contributed by atoms with van der Waals surface area (Å²) in [5, 5.41) is 30.7. The first-order valence-corrected chi connectivity index (χ1v) is 9.12. The minimum atomic E-state index is -4.52. The summed E-state index contributed by atoms with van der Waals surface area (Å²) in [5.74, 6) is 0.0864. The second-order valence-corrected chi connectivity index (χ2v) is 7.00. The number of hydrogen-bond acceptors (Lipinski definition) is 6. The molecule has 0 unspecified atom stereocenters. The predicted molar refractivity (Wildman–Crippen MR) is 99.0 cm³/mol. The van der Waals surface area contributed by atoms with E-state index < -0.39 is 17.5 Å². The monoisotopic (exact) mass is 396 g/mol. The molecule has 28 heavy (non-hydrogen) atoms. The van der Waals surface area contributed by atoms with Gasteiger partial charge in [-0.05, 0) is 56.1 Å². The molecule has 2 heterocycles. The third kappa shape index (κ3) is 4.71. The van der Waals surface area contributed by atoms with Gasteiger partial charge in [0.25, 0.3) is 0 Å². The summed E-state index contributed by atoms with van der Waals surface area (Å²) in [4.78, 5) is 2.18. The molecule has 9 heteroatoms. The zero-order valence-electron chi connectivity index (χ0n) is 15.5. The van der Waals surface area contributed by atoms with Crippen LogP contribution in [-0.4, -0.2) is 57.6 Å². The molecule has 0 bridgehead atoms. The van der Waals surface area contributed by atoms with Gasteiger partial charge < -0.3 is 15.5 Å². The number of piperidine rings is 1. The Bertz CT molecular complexity index is 827. The first kappa shape index (κ1) is 20.3. The van der Waals surface area contributed by atoms with Crippen LogP contribution in [0, 0.1) is 6.92 Å². The third-order valence-electron chi connectivity index (χ3n) is 4.84. The van der Waals surface area contributed by atoms with E-state index in [2.05, 4.69) is 20.4 Å². The fraction of sp³-hybridized carbons (Fsp3) is 0.474. The smallest absolute Gasteiger partial charge is 0.416 e. The number of nitrogens with zero attached hydrogens (tertiary/aromatic N) is 3. The molecule has 152 valence electrons. The number of aliphatic hydroxyl groups excluding tert-OH is 1. The van der Waals surface area contributed by atoms with Gasteiger partial charge in [-0.25, -0.2) is 0 Å². The average Bonchev–Trinajstić information content (AvgIpc) is 2.62. The quantitative estimate of drug-likeness (QED) is 0.721. The van der Waals surface area contributed by atoms with Crippen molar-refractivity contribution < 1.29 is 23.4 Å². The van der Waals surface area contributed by atoms with Crippen LogP contribution in [0.2, 0.25) is 0 Å². The van der Waals surface area contributed by atoms with Gasteiger partial charge in [-0.15, -0.1) is 10.2 Å². The fourth-order valence-electron chi connectivity index (χ4n) is 3.46. The molecule has 1 atom stereocenters. The molecule has 0 aliphatic carbocycles. The number of halogens is 3. The molecular formula is C19H23F3N4O2. The van der Waals surface area contributed by atoms with Gasteiger partial charge in [0.1, 0.15) is 11.6 Å². The van der Waals surface area contributed by atoms with Crippen molar-refractivity contribution in [3.63, 3.8) is 0 Å². The summed E-state index contributed by atoms with van der Waals surface area (Å²) in [5.41, 5.74) is 0.316. The standard InChI is InChI=1S/C19H23F3N4O2/c1-12-9-17(23-14-3-2-6-26(11-14)7-8-27)24-25-18(12)15-5-4-13(10-16(15)28)19(20,21)22/h4-5,9-10,14,27-28H,2-3,6-8,11H2,1H3,(H,23,24)/t14-/m1/s1. The Morgan fingerprint density at radius 1 is 1.25 bits per heavy atom. The summed E-state index contributed by atoms with van der Waals surface area (Å²) < 4.78 is 38.3. The zero-order chi connectivity index (χ0) is 20.3. The molecule has 1 aromatic carbocycles. The predicted octanol–water partition coefficient (Wildman–Crippen LogP) is 3.05. The topological polar surface area (TPSA) is 81.5 Å². The lowest BCUT2D eigenvalue weighted by Gasteiger charge is -2.32. The number of nitrogens with one attached hydrogen (secondary N) is 1. The maximum Gasteiger partial charge on any atom is 0.416 e. The van der Waals surface area contributed by atoms with Gasteiger partial charge in [-0.3, -0.25) is 4.90 Å². The highest BCUT2D eigenvalue weighted by Gasteiger charge is 2.31. The van der Waals surface area contributed by atoms with Crippen LogP contribution in [-0.2, 0) is 6.18 Å². The summed E-state index contributed by atoms with van der Waals surface area (Å²) in [6, 6.07) is 4.76. The number of aromatic hydroxyl groups is 1. The Labute approximate surface area is 161 Å². The van der Waals surface area contributed by atoms with Crippen molar-refractivity contribution in [2.24, 2.45) is 0 Å². The SMILES string of the molecule is Cc1cc(N[C@@H]2CCCN(CCO)C2)nnc1-c1ccc(C(F)(F)F)cc1O. The van der Waals surface area contributed by atoms with E-state index in [-0.39, 0.29) is 18.2 Å². The van der Waals surface area contributed by atoms with Crippen LogP contribution in [0.25, 0.3) is 11.3 Å². The van der Waals surface area contributed by atoms with E-state index in [9.17, 15) is 18.3 Å². The first-order valence-electron chi connectivity index (χ1n) is 9.12. The summed E-state index contributed by atoms with van der Waals surface area (Å²) in [6.45, 7) is 4.27. The Balaban J connectivity index is 1.76. The van der Waals surface area contributed by atoms with Crippen LogP contribution in [0.15, 0.2) is 24.3 Å². The number of hydrogen-bond donors (Lipinski definition) is 3. The van der Waals surface area contributed by atoms with E-state index in [1.54, 1.807) is 13.0 Å². The summed E-state index contributed by atoms with van der Waals surface area (Å²) >= 11 is 0. The Morgan fingerprint density at radius 2 is 2.04 bits per heavy atom. The van der Waals surface area contributed by atoms with Crippen molar-refractivity contribution in [2.45, 2.75) is 32.0 Å². The van der Waals surface area contributed by atoms with Crippen LogP contribution >= 0.6 is 0 Å². The molecule has 1 fully saturated rings. The van der Waals surface area contributed by atoms with Gasteiger partial charge in [0, 0.05) is 24.7 Å². The lowest BCUT2D eigenvalue weighted by atomic mass is 10.0. The molecule has 3 N–H and O–H groups in total. The minimum absolute atomic E-state index is 0.122. The number of likely N-dealkylation sites (tertiary alicyclic amines) is 1. The first-order chi connectivity index (χ1) is 13.3. The van der Waals surface area contributed by atoms with Crippen LogP contribution in [0.1, 0.15) is 24.0 Å². The van der Waals surface area contributed by atoms with Crippen molar-refractivity contribution in [2.75, 3.05) is 31.6 Å². The number of phenolic OH excluding ortho intramolecular Hbond substituents is 1. The Kier molecular flexibility index (Phi) is 6.04. The zero-order valence-corrected chi connectivity index (χ0v) is 15.5. The second kappa shape index (κ2) is 8.32. The van der Waals surface area contributed by atoms with Gasteiger partial charge in [0.15, 0.2) is 0 Å². The van der Waals surface area contributed by atoms with Gasteiger partial charge in [-0.2, -0.15) is 13.2 Å². The van der Waals surface area contributed by atoms with Gasteiger partial charge in [-0.1, -0.05) is 0 Å². The maximum absolute atomic E-state index is 12.8. The largest absolute Gasteiger partial charge is 0.507 e. The molecule has 0 amide bonds. The number of β-amino-alcohol motifs (C(OH)–C–C–N with tert-alkyl or cyclic N) is 1. The Hall–Kier alpha value is -2.39. The van der Waals surface area contributed by atoms with Crippen molar-refractivity contribution in [3.8, 4) is 17.0 Å². The maximum atomic E-state index is 12.8. The number of aliphatic hydroxyl groups is 1. The van der Waals surface area contributed by atoms with Gasteiger partial charge in [0.2, 0.25) is 0 Å². The van der Waals surface area contributed by atoms with Crippen LogP contribution in [0.5, 0.6) is 5.75 Å². The highest BCUT2D eigenvalue weighted by Crippen LogP contribution is 2.36. The van der Waals surface area contributed by atoms with E-state index in [1.807, 2.05) is 0 Å². The number of phenols is 1. The van der Waals surface area contributed by atoms with Crippen LogP contribution < -0.4 is 5.32 Å². The molecule has 1 saturated heterocycles. The van der Waals surface area contributed by atoms with Gasteiger partial charge >= 0.3 is 6.18 Å². The van der Waals surface area contributed by atoms with E-state index in [4.69, 9.17) is 5.11 Å². The summed E-state index contributed by atoms with van der Waals surface area (Å²) in [7, 11) is 0. The van der Waals surface area contributed by atoms with Crippen molar-refractivity contribution in [1.29, 1.82) is 0 Å². The molecule has 1 aliphatic rings. The van der Waals surface area contributed by atoms with E-state index in [0.717, 1.165) is 32.0 Å². The molecule has 1 aromatic heterocycles. The molecule has 1 aliphatic heterocycles. The number of rotatable bonds is 5. The van der Waals surface area contributed by atoms with Crippen LogP contribution in [0.4, 0.5) is 19.0 Å². The lowest BCUT2D eigenvalue weighted by Crippen LogP contribution is -2.43. The average molecular weight is 396 g/mol. The molecule has 2 aromatic rings. The number of anilines is 1. The minimum Gasteiger partial charge on any atom is -0.507 e. The lowest BCUT2D eigenvalue weighted by molar-refractivity contribution is -0.137. The molecule has 0 saturated carbocycles.